The van der Waals surface area contributed by atoms with E-state index in [1.165, 1.54) is 0 Å². The lowest BCUT2D eigenvalue weighted by atomic mass is 10.0. The first-order valence-corrected chi connectivity index (χ1v) is 5.76. The number of carbonyl (C=O) groups is 1. The molecule has 1 amide bonds. The molecule has 3 heteroatoms. The van der Waals surface area contributed by atoms with Crippen LogP contribution in [0.15, 0.2) is 0 Å². The average Bonchev–Trinajstić information content (AvgIpc) is 2.28. The van der Waals surface area contributed by atoms with Crippen LogP contribution in [0.5, 0.6) is 0 Å². The van der Waals surface area contributed by atoms with E-state index in [9.17, 15) is 4.79 Å². The van der Waals surface area contributed by atoms with E-state index in [-0.39, 0.29) is 0 Å². The van der Waals surface area contributed by atoms with Gasteiger partial charge < -0.3 is 4.90 Å². The number of thiol groups is 1. The molecule has 0 bridgehead atoms. The summed E-state index contributed by atoms with van der Waals surface area (Å²) in [5, 5.41) is 0. The van der Waals surface area contributed by atoms with Gasteiger partial charge in [-0.05, 0) is 30.9 Å². The molecule has 0 aromatic rings. The fourth-order valence-electron chi connectivity index (χ4n) is 1.67. The molecule has 1 rings (SSSR count). The van der Waals surface area contributed by atoms with Gasteiger partial charge >= 0.3 is 0 Å². The molecule has 1 aliphatic rings. The molecular formula is C10H19NOS. The van der Waals surface area contributed by atoms with Crippen molar-refractivity contribution < 1.29 is 4.79 Å². The predicted octanol–water partition coefficient (Wildman–Crippen LogP) is 1.95. The van der Waals surface area contributed by atoms with Gasteiger partial charge in [0.1, 0.15) is 0 Å². The van der Waals surface area contributed by atoms with Crippen LogP contribution in [0.2, 0.25) is 0 Å². The maximum Gasteiger partial charge on any atom is 0.222 e. The summed E-state index contributed by atoms with van der Waals surface area (Å²) < 4.78 is 0. The lowest BCUT2D eigenvalue weighted by Crippen LogP contribution is -2.31. The second-order valence-corrected chi connectivity index (χ2v) is 4.34. The lowest BCUT2D eigenvalue weighted by Gasteiger charge is -2.19. The fraction of sp³-hybridized carbons (Fsp3) is 0.900. The highest BCUT2D eigenvalue weighted by molar-refractivity contribution is 7.80. The van der Waals surface area contributed by atoms with E-state index < -0.39 is 0 Å². The van der Waals surface area contributed by atoms with Gasteiger partial charge in [0.2, 0.25) is 5.91 Å². The zero-order valence-electron chi connectivity index (χ0n) is 8.33. The van der Waals surface area contributed by atoms with Crippen molar-refractivity contribution in [2.24, 2.45) is 5.92 Å². The van der Waals surface area contributed by atoms with E-state index in [1.807, 2.05) is 4.90 Å². The summed E-state index contributed by atoms with van der Waals surface area (Å²) in [6.07, 6.45) is 3.99. The molecule has 1 unspecified atom stereocenters. The monoisotopic (exact) mass is 201 g/mol. The molecular weight excluding hydrogens is 182 g/mol. The summed E-state index contributed by atoms with van der Waals surface area (Å²) in [5.41, 5.74) is 0. The first-order chi connectivity index (χ1) is 6.24. The van der Waals surface area contributed by atoms with E-state index in [0.29, 0.717) is 11.8 Å². The molecule has 0 aliphatic carbocycles. The fourth-order valence-corrected chi connectivity index (χ4v) is 1.81. The maximum atomic E-state index is 11.6. The quantitative estimate of drug-likeness (QED) is 0.692. The van der Waals surface area contributed by atoms with E-state index in [0.717, 1.165) is 44.5 Å². The molecule has 0 saturated carbocycles. The van der Waals surface area contributed by atoms with Gasteiger partial charge in [0.25, 0.3) is 0 Å². The van der Waals surface area contributed by atoms with Crippen LogP contribution in [0, 0.1) is 5.92 Å². The highest BCUT2D eigenvalue weighted by Crippen LogP contribution is 2.17. The van der Waals surface area contributed by atoms with Crippen molar-refractivity contribution >= 4 is 18.5 Å². The second kappa shape index (κ2) is 5.53. The van der Waals surface area contributed by atoms with Crippen LogP contribution < -0.4 is 0 Å². The maximum absolute atomic E-state index is 11.6. The smallest absolute Gasteiger partial charge is 0.222 e. The summed E-state index contributed by atoms with van der Waals surface area (Å²) in [6, 6.07) is 0. The molecule has 0 aromatic heterocycles. The minimum Gasteiger partial charge on any atom is -0.343 e. The Kier molecular flexibility index (Phi) is 4.64. The molecule has 76 valence electrons. The van der Waals surface area contributed by atoms with Gasteiger partial charge in [0, 0.05) is 19.5 Å². The molecule has 0 aromatic carbocycles. The first kappa shape index (κ1) is 10.9. The van der Waals surface area contributed by atoms with Gasteiger partial charge in [0.15, 0.2) is 0 Å². The molecule has 0 N–H and O–H groups in total. The van der Waals surface area contributed by atoms with E-state index >= 15 is 0 Å². The summed E-state index contributed by atoms with van der Waals surface area (Å²) in [5.74, 6) is 1.93. The third-order valence-electron chi connectivity index (χ3n) is 2.68. The Morgan fingerprint density at radius 3 is 3.00 bits per heavy atom. The van der Waals surface area contributed by atoms with Crippen LogP contribution in [0.1, 0.15) is 32.6 Å². The number of amides is 1. The Bertz CT molecular complexity index is 172. The number of likely N-dealkylation sites (tertiary alicyclic amines) is 1. The minimum absolute atomic E-state index is 0.339. The van der Waals surface area contributed by atoms with Crippen molar-refractivity contribution in [3.05, 3.63) is 0 Å². The molecule has 0 spiro atoms. The van der Waals surface area contributed by atoms with Gasteiger partial charge in [-0.25, -0.2) is 0 Å². The van der Waals surface area contributed by atoms with Crippen LogP contribution in [0.25, 0.3) is 0 Å². The van der Waals surface area contributed by atoms with Crippen molar-refractivity contribution in [1.82, 2.24) is 4.90 Å². The molecule has 1 fully saturated rings. The first-order valence-electron chi connectivity index (χ1n) is 5.12. The summed E-state index contributed by atoms with van der Waals surface area (Å²) in [4.78, 5) is 13.6. The summed E-state index contributed by atoms with van der Waals surface area (Å²) in [7, 11) is 0. The van der Waals surface area contributed by atoms with Crippen LogP contribution in [-0.2, 0) is 4.79 Å². The third kappa shape index (κ3) is 3.59. The number of nitrogens with zero attached hydrogens (tertiary/aromatic N) is 1. The van der Waals surface area contributed by atoms with Crippen molar-refractivity contribution in [2.45, 2.75) is 32.6 Å². The van der Waals surface area contributed by atoms with Crippen molar-refractivity contribution in [1.29, 1.82) is 0 Å². The van der Waals surface area contributed by atoms with Gasteiger partial charge in [-0.15, -0.1) is 0 Å². The van der Waals surface area contributed by atoms with Gasteiger partial charge in [-0.1, -0.05) is 6.92 Å². The lowest BCUT2D eigenvalue weighted by molar-refractivity contribution is -0.130. The topological polar surface area (TPSA) is 20.3 Å². The Balaban J connectivity index is 2.38. The largest absolute Gasteiger partial charge is 0.343 e. The number of rotatable bonds is 3. The van der Waals surface area contributed by atoms with Crippen LogP contribution >= 0.6 is 12.6 Å². The predicted molar refractivity (Wildman–Crippen MR) is 58.1 cm³/mol. The molecule has 1 atom stereocenters. The normalized spacial score (nSPS) is 24.6. The average molecular weight is 201 g/mol. The van der Waals surface area contributed by atoms with Crippen molar-refractivity contribution in [3.8, 4) is 0 Å². The van der Waals surface area contributed by atoms with Crippen molar-refractivity contribution in [2.75, 3.05) is 18.8 Å². The standard InChI is InChI=1S/C10H19NOS/c1-9-3-4-10(12)11(7-5-9)6-2-8-13/h9,13H,2-8H2,1H3. The second-order valence-electron chi connectivity index (χ2n) is 3.89. The zero-order chi connectivity index (χ0) is 9.68. The third-order valence-corrected chi connectivity index (χ3v) is 3.00. The van der Waals surface area contributed by atoms with Crippen LogP contribution in [0.3, 0.4) is 0 Å². The molecule has 0 radical (unpaired) electrons. The summed E-state index contributed by atoms with van der Waals surface area (Å²) >= 11 is 4.16. The highest BCUT2D eigenvalue weighted by Gasteiger charge is 2.18. The Morgan fingerprint density at radius 2 is 2.31 bits per heavy atom. The van der Waals surface area contributed by atoms with E-state index in [1.54, 1.807) is 0 Å². The molecule has 1 saturated heterocycles. The van der Waals surface area contributed by atoms with Gasteiger partial charge in [-0.2, -0.15) is 12.6 Å². The Morgan fingerprint density at radius 1 is 1.54 bits per heavy atom. The zero-order valence-corrected chi connectivity index (χ0v) is 9.22. The van der Waals surface area contributed by atoms with Crippen LogP contribution in [-0.4, -0.2) is 29.6 Å². The van der Waals surface area contributed by atoms with Crippen LogP contribution in [0.4, 0.5) is 0 Å². The van der Waals surface area contributed by atoms with Gasteiger partial charge in [-0.3, -0.25) is 4.79 Å². The number of hydrogen-bond acceptors (Lipinski definition) is 2. The number of carbonyl (C=O) groups excluding carboxylic acids is 1. The molecule has 13 heavy (non-hydrogen) atoms. The number of hydrogen-bond donors (Lipinski definition) is 1. The summed E-state index contributed by atoms with van der Waals surface area (Å²) in [6.45, 7) is 4.08. The SMILES string of the molecule is CC1CCC(=O)N(CCCS)CC1. The minimum atomic E-state index is 0.339. The van der Waals surface area contributed by atoms with E-state index in [4.69, 9.17) is 0 Å². The Hall–Kier alpha value is -0.180. The Labute approximate surface area is 86.1 Å². The molecule has 1 aliphatic heterocycles. The molecule has 1 heterocycles. The van der Waals surface area contributed by atoms with Gasteiger partial charge in [0.05, 0.1) is 0 Å². The van der Waals surface area contributed by atoms with Crippen molar-refractivity contribution in [3.63, 3.8) is 0 Å². The molecule has 2 nitrogen and oxygen atoms in total. The van der Waals surface area contributed by atoms with E-state index in [2.05, 4.69) is 19.6 Å². The highest BCUT2D eigenvalue weighted by atomic mass is 32.1.